The molecule has 1 aliphatic heterocycles. The summed E-state index contributed by atoms with van der Waals surface area (Å²) in [6.45, 7) is 2.40. The van der Waals surface area contributed by atoms with Crippen LogP contribution in [0.5, 0.6) is 5.75 Å². The molecule has 0 saturated heterocycles. The fourth-order valence-corrected chi connectivity index (χ4v) is 4.31. The number of sulfonamides is 1. The molecule has 0 aliphatic carbocycles. The number of halogens is 1. The van der Waals surface area contributed by atoms with E-state index >= 15 is 0 Å². The Morgan fingerprint density at radius 2 is 1.88 bits per heavy atom. The molecule has 1 heterocycles. The van der Waals surface area contributed by atoms with Crippen LogP contribution < -0.4 is 9.64 Å². The summed E-state index contributed by atoms with van der Waals surface area (Å²) in [6.07, 6.45) is 0. The van der Waals surface area contributed by atoms with E-state index in [-0.39, 0.29) is 23.9 Å². The Morgan fingerprint density at radius 3 is 2.58 bits per heavy atom. The summed E-state index contributed by atoms with van der Waals surface area (Å²) in [4.78, 5) is 14.5. The number of rotatable bonds is 5. The second-order valence-electron chi connectivity index (χ2n) is 5.75. The van der Waals surface area contributed by atoms with Crippen LogP contribution in [0.2, 0.25) is 5.02 Å². The highest BCUT2D eigenvalue weighted by Crippen LogP contribution is 2.31. The van der Waals surface area contributed by atoms with Crippen molar-refractivity contribution in [2.75, 3.05) is 31.1 Å². The third-order valence-electron chi connectivity index (χ3n) is 4.15. The number of para-hydroxylation sites is 2. The number of likely N-dealkylation sites (N-methyl/N-ethyl adjacent to an activating group) is 1. The number of hydrogen-bond acceptors (Lipinski definition) is 4. The third kappa shape index (κ3) is 3.70. The van der Waals surface area contributed by atoms with Gasteiger partial charge in [-0.1, -0.05) is 30.7 Å². The van der Waals surface area contributed by atoms with Crippen LogP contribution in [-0.2, 0) is 14.8 Å². The zero-order valence-electron chi connectivity index (χ0n) is 14.3. The highest BCUT2D eigenvalue weighted by molar-refractivity contribution is 7.89. The quantitative estimate of drug-likeness (QED) is 0.782. The van der Waals surface area contributed by atoms with Crippen LogP contribution in [0.3, 0.4) is 0 Å². The van der Waals surface area contributed by atoms with Crippen molar-refractivity contribution in [1.29, 1.82) is 0 Å². The molecular formula is C18H19ClN2O4S. The molecule has 26 heavy (non-hydrogen) atoms. The summed E-state index contributed by atoms with van der Waals surface area (Å²) in [5.74, 6) is 0.329. The van der Waals surface area contributed by atoms with Gasteiger partial charge in [-0.15, -0.1) is 0 Å². The maximum atomic E-state index is 12.8. The van der Waals surface area contributed by atoms with Gasteiger partial charge < -0.3 is 9.64 Å². The lowest BCUT2D eigenvalue weighted by Gasteiger charge is -2.31. The monoisotopic (exact) mass is 394 g/mol. The van der Waals surface area contributed by atoms with E-state index in [1.165, 1.54) is 24.3 Å². The molecule has 2 aromatic rings. The Morgan fingerprint density at radius 1 is 1.19 bits per heavy atom. The minimum atomic E-state index is -3.78. The maximum absolute atomic E-state index is 12.8. The van der Waals surface area contributed by atoms with Gasteiger partial charge in [-0.2, -0.15) is 4.31 Å². The van der Waals surface area contributed by atoms with E-state index < -0.39 is 10.0 Å². The molecular weight excluding hydrogens is 376 g/mol. The number of carbonyl (C=O) groups excluding carboxylic acids is 1. The van der Waals surface area contributed by atoms with E-state index in [1.54, 1.807) is 24.0 Å². The van der Waals surface area contributed by atoms with Gasteiger partial charge in [-0.25, -0.2) is 8.42 Å². The number of amides is 1. The first-order valence-corrected chi connectivity index (χ1v) is 10.0. The predicted molar refractivity (Wildman–Crippen MR) is 100 cm³/mol. The first-order chi connectivity index (χ1) is 12.4. The molecule has 0 N–H and O–H groups in total. The highest BCUT2D eigenvalue weighted by Gasteiger charge is 2.29. The summed E-state index contributed by atoms with van der Waals surface area (Å²) < 4.78 is 32.4. The van der Waals surface area contributed by atoms with Crippen molar-refractivity contribution in [3.8, 4) is 5.75 Å². The molecule has 0 atom stereocenters. The van der Waals surface area contributed by atoms with Crippen LogP contribution in [0.25, 0.3) is 0 Å². The zero-order chi connectivity index (χ0) is 18.7. The Balaban J connectivity index is 1.82. The number of benzene rings is 2. The van der Waals surface area contributed by atoms with Crippen LogP contribution in [0.4, 0.5) is 5.69 Å². The van der Waals surface area contributed by atoms with Crippen LogP contribution in [0.1, 0.15) is 6.92 Å². The predicted octanol–water partition coefficient (Wildman–Crippen LogP) is 2.78. The first kappa shape index (κ1) is 18.7. The number of carbonyl (C=O) groups is 1. The molecule has 0 unspecified atom stereocenters. The van der Waals surface area contributed by atoms with Crippen molar-refractivity contribution in [3.63, 3.8) is 0 Å². The van der Waals surface area contributed by atoms with Gasteiger partial charge in [0.05, 0.1) is 23.7 Å². The molecule has 0 saturated carbocycles. The summed E-state index contributed by atoms with van der Waals surface area (Å²) in [5.41, 5.74) is 0.656. The second-order valence-corrected chi connectivity index (χ2v) is 8.12. The lowest BCUT2D eigenvalue weighted by molar-refractivity contribution is -0.119. The molecule has 0 bridgehead atoms. The topological polar surface area (TPSA) is 66.9 Å². The molecule has 0 fully saturated rings. The average Bonchev–Trinajstić information content (AvgIpc) is 2.65. The van der Waals surface area contributed by atoms with Gasteiger partial charge in [0.1, 0.15) is 12.4 Å². The number of fused-ring (bicyclic) bond motifs is 1. The number of nitrogens with zero attached hydrogens (tertiary/aromatic N) is 2. The fourth-order valence-electron chi connectivity index (χ4n) is 2.79. The van der Waals surface area contributed by atoms with E-state index in [4.69, 9.17) is 16.3 Å². The Bertz CT molecular complexity index is 900. The summed E-state index contributed by atoms with van der Waals surface area (Å²) >= 11 is 5.83. The maximum Gasteiger partial charge on any atom is 0.243 e. The summed E-state index contributed by atoms with van der Waals surface area (Å²) in [7, 11) is -3.78. The first-order valence-electron chi connectivity index (χ1n) is 8.21. The zero-order valence-corrected chi connectivity index (χ0v) is 15.8. The minimum absolute atomic E-state index is 0.110. The molecule has 138 valence electrons. The smallest absolute Gasteiger partial charge is 0.243 e. The normalized spacial score (nSPS) is 14.0. The van der Waals surface area contributed by atoms with Crippen molar-refractivity contribution < 1.29 is 17.9 Å². The van der Waals surface area contributed by atoms with Gasteiger partial charge >= 0.3 is 0 Å². The fraction of sp³-hybridized carbons (Fsp3) is 0.278. The highest BCUT2D eigenvalue weighted by atomic mass is 35.5. The molecule has 6 nitrogen and oxygen atoms in total. The summed E-state index contributed by atoms with van der Waals surface area (Å²) in [5, 5.41) is 0.452. The van der Waals surface area contributed by atoms with Crippen LogP contribution in [0, 0.1) is 0 Å². The largest absolute Gasteiger partial charge is 0.490 e. The average molecular weight is 395 g/mol. The van der Waals surface area contributed by atoms with Crippen LogP contribution in [0.15, 0.2) is 53.4 Å². The van der Waals surface area contributed by atoms with E-state index in [2.05, 4.69) is 0 Å². The third-order valence-corrected chi connectivity index (χ3v) is 6.33. The van der Waals surface area contributed by atoms with E-state index in [9.17, 15) is 13.2 Å². The van der Waals surface area contributed by atoms with E-state index in [0.29, 0.717) is 29.6 Å². The van der Waals surface area contributed by atoms with Gasteiger partial charge in [0.25, 0.3) is 0 Å². The molecule has 0 radical (unpaired) electrons. The standard InChI is InChI=1S/C18H19ClN2O4S/c1-2-20(26(23,24)15-9-7-14(19)8-10-15)13-18(22)21-11-12-25-17-6-4-3-5-16(17)21/h3-10H,2,11-13H2,1H3. The van der Waals surface area contributed by atoms with Gasteiger partial charge in [-0.05, 0) is 36.4 Å². The number of anilines is 1. The SMILES string of the molecule is CCN(CC(=O)N1CCOc2ccccc21)S(=O)(=O)c1ccc(Cl)cc1. The van der Waals surface area contributed by atoms with Gasteiger partial charge in [-0.3, -0.25) is 4.79 Å². The van der Waals surface area contributed by atoms with Crippen molar-refractivity contribution in [3.05, 3.63) is 53.6 Å². The molecule has 8 heteroatoms. The van der Waals surface area contributed by atoms with E-state index in [0.717, 1.165) is 4.31 Å². The molecule has 3 rings (SSSR count). The molecule has 1 amide bonds. The number of ether oxygens (including phenoxy) is 1. The molecule has 0 aromatic heterocycles. The van der Waals surface area contributed by atoms with Gasteiger partial charge in [0, 0.05) is 11.6 Å². The molecule has 2 aromatic carbocycles. The second kappa shape index (κ2) is 7.65. The van der Waals surface area contributed by atoms with Crippen LogP contribution in [-0.4, -0.2) is 44.9 Å². The van der Waals surface area contributed by atoms with Crippen molar-refractivity contribution in [2.24, 2.45) is 0 Å². The van der Waals surface area contributed by atoms with Crippen molar-refractivity contribution >= 4 is 33.2 Å². The van der Waals surface area contributed by atoms with Gasteiger partial charge in [0.2, 0.25) is 15.9 Å². The Hall–Kier alpha value is -2.09. The minimum Gasteiger partial charge on any atom is -0.490 e. The van der Waals surface area contributed by atoms with Gasteiger partial charge in [0.15, 0.2) is 0 Å². The lowest BCUT2D eigenvalue weighted by atomic mass is 10.2. The van der Waals surface area contributed by atoms with E-state index in [1.807, 2.05) is 12.1 Å². The Labute approximate surface area is 158 Å². The molecule has 0 spiro atoms. The lowest BCUT2D eigenvalue weighted by Crippen LogP contribution is -2.45. The molecule has 1 aliphatic rings. The van der Waals surface area contributed by atoms with Crippen LogP contribution >= 0.6 is 11.6 Å². The van der Waals surface area contributed by atoms with Crippen molar-refractivity contribution in [1.82, 2.24) is 4.31 Å². The Kier molecular flexibility index (Phi) is 5.50. The van der Waals surface area contributed by atoms with Crippen molar-refractivity contribution in [2.45, 2.75) is 11.8 Å². The summed E-state index contributed by atoms with van der Waals surface area (Å²) in [6, 6.07) is 13.1. The number of hydrogen-bond donors (Lipinski definition) is 0.